The van der Waals surface area contributed by atoms with Crippen LogP contribution in [-0.4, -0.2) is 56.5 Å². The number of hydrogen-bond acceptors (Lipinski definition) is 6. The van der Waals surface area contributed by atoms with Crippen LogP contribution in [-0.2, 0) is 11.3 Å². The zero-order valence-corrected chi connectivity index (χ0v) is 22.1. The van der Waals surface area contributed by atoms with E-state index in [1.807, 2.05) is 38.7 Å². The Labute approximate surface area is 215 Å². The smallest absolute Gasteiger partial charge is 0.410 e. The highest BCUT2D eigenvalue weighted by Crippen LogP contribution is 2.56. The van der Waals surface area contributed by atoms with Crippen LogP contribution in [0.15, 0.2) is 29.6 Å². The monoisotopic (exact) mass is 504 g/mol. The van der Waals surface area contributed by atoms with E-state index in [2.05, 4.69) is 28.6 Å². The van der Waals surface area contributed by atoms with Gasteiger partial charge < -0.3 is 14.5 Å². The van der Waals surface area contributed by atoms with Crippen molar-refractivity contribution in [3.8, 4) is 0 Å². The average molecular weight is 505 g/mol. The molecule has 1 saturated carbocycles. The quantitative estimate of drug-likeness (QED) is 0.462. The van der Waals surface area contributed by atoms with Gasteiger partial charge in [-0.2, -0.15) is 0 Å². The zero-order chi connectivity index (χ0) is 25.2. The first-order chi connectivity index (χ1) is 17.2. The van der Waals surface area contributed by atoms with E-state index in [-0.39, 0.29) is 18.0 Å². The van der Waals surface area contributed by atoms with E-state index >= 15 is 0 Å². The van der Waals surface area contributed by atoms with Crippen molar-refractivity contribution in [3.05, 3.63) is 57.9 Å². The molecule has 2 aromatic heterocycles. The van der Waals surface area contributed by atoms with Crippen molar-refractivity contribution >= 4 is 33.6 Å². The highest BCUT2D eigenvalue weighted by molar-refractivity contribution is 7.16. The predicted molar refractivity (Wildman–Crippen MR) is 139 cm³/mol. The largest absolute Gasteiger partial charge is 0.444 e. The van der Waals surface area contributed by atoms with E-state index in [0.29, 0.717) is 31.5 Å². The number of carbonyl (C=O) groups excluding carboxylic acids is 2. The molecule has 6 rings (SSSR count). The van der Waals surface area contributed by atoms with Gasteiger partial charge in [-0.15, -0.1) is 11.3 Å². The number of benzene rings is 1. The third-order valence-corrected chi connectivity index (χ3v) is 8.36. The molecular weight excluding hydrogens is 472 g/mol. The van der Waals surface area contributed by atoms with E-state index in [0.717, 1.165) is 41.0 Å². The van der Waals surface area contributed by atoms with Gasteiger partial charge in [0.25, 0.3) is 5.91 Å². The third-order valence-electron chi connectivity index (χ3n) is 7.55. The second-order valence-electron chi connectivity index (χ2n) is 11.3. The number of nitrogens with zero attached hydrogens (tertiary/aromatic N) is 4. The Morgan fingerprint density at radius 3 is 2.64 bits per heavy atom. The number of hydrogen-bond donors (Lipinski definition) is 0. The Morgan fingerprint density at radius 1 is 1.11 bits per heavy atom. The molecule has 1 aliphatic carbocycles. The van der Waals surface area contributed by atoms with Crippen LogP contribution >= 0.6 is 11.3 Å². The van der Waals surface area contributed by atoms with Crippen molar-refractivity contribution in [1.82, 2.24) is 19.8 Å². The van der Waals surface area contributed by atoms with Crippen LogP contribution in [0.2, 0.25) is 0 Å². The molecule has 0 radical (unpaired) electrons. The van der Waals surface area contributed by atoms with E-state index < -0.39 is 5.60 Å². The molecule has 36 heavy (non-hydrogen) atoms. The minimum Gasteiger partial charge on any atom is -0.444 e. The molecule has 2 fully saturated rings. The van der Waals surface area contributed by atoms with Gasteiger partial charge in [-0.25, -0.2) is 14.8 Å². The first-order valence-electron chi connectivity index (χ1n) is 12.8. The molecule has 8 heteroatoms. The van der Waals surface area contributed by atoms with Crippen molar-refractivity contribution < 1.29 is 14.3 Å². The second-order valence-corrected chi connectivity index (χ2v) is 12.2. The van der Waals surface area contributed by atoms with Gasteiger partial charge in [-0.1, -0.05) is 12.1 Å². The number of aryl methyl sites for hydroxylation is 1. The summed E-state index contributed by atoms with van der Waals surface area (Å²) in [6.07, 6.45) is 2.38. The predicted octanol–water partition coefficient (Wildman–Crippen LogP) is 5.63. The molecule has 0 spiro atoms. The van der Waals surface area contributed by atoms with Crippen molar-refractivity contribution in [2.45, 2.75) is 77.0 Å². The van der Waals surface area contributed by atoms with Gasteiger partial charge in [0.05, 0.1) is 5.69 Å². The lowest BCUT2D eigenvalue weighted by Crippen LogP contribution is -2.48. The number of aromatic nitrogens is 2. The number of thiophene rings is 1. The summed E-state index contributed by atoms with van der Waals surface area (Å²) in [5.41, 5.74) is 3.91. The highest BCUT2D eigenvalue weighted by Gasteiger charge is 2.43. The van der Waals surface area contributed by atoms with E-state index in [4.69, 9.17) is 9.72 Å². The molecule has 3 aliphatic rings. The maximum Gasteiger partial charge on any atom is 0.410 e. The molecule has 3 aromatic rings. The van der Waals surface area contributed by atoms with E-state index in [9.17, 15) is 9.59 Å². The maximum atomic E-state index is 13.2. The SMILES string of the molecule is Cc1nc(C2CC2c2ccc3c(c2)CN(C2CCN(C(=O)OC(C)(C)C)CC2)C3=O)c2ccsc2n1. The van der Waals surface area contributed by atoms with Crippen LogP contribution in [0, 0.1) is 6.92 Å². The fraction of sp³-hybridized carbons (Fsp3) is 0.500. The lowest BCUT2D eigenvalue weighted by molar-refractivity contribution is 0.0148. The Balaban J connectivity index is 1.13. The normalized spacial score (nSPS) is 22.3. The summed E-state index contributed by atoms with van der Waals surface area (Å²) < 4.78 is 5.52. The summed E-state index contributed by atoms with van der Waals surface area (Å²) in [6, 6.07) is 8.68. The molecule has 188 valence electrons. The third kappa shape index (κ3) is 4.25. The fourth-order valence-corrected chi connectivity index (χ4v) is 6.53. The number of rotatable bonds is 3. The summed E-state index contributed by atoms with van der Waals surface area (Å²) in [5, 5.41) is 3.27. The van der Waals surface area contributed by atoms with Crippen LogP contribution in [0.5, 0.6) is 0 Å². The van der Waals surface area contributed by atoms with Gasteiger partial charge >= 0.3 is 6.09 Å². The Morgan fingerprint density at radius 2 is 1.89 bits per heavy atom. The maximum absolute atomic E-state index is 13.2. The minimum atomic E-state index is -0.499. The van der Waals surface area contributed by atoms with Gasteiger partial charge in [0.1, 0.15) is 16.3 Å². The Kier molecular flexibility index (Phi) is 5.55. The number of amides is 2. The molecule has 4 heterocycles. The second kappa shape index (κ2) is 8.54. The summed E-state index contributed by atoms with van der Waals surface area (Å²) in [7, 11) is 0. The molecule has 2 aliphatic heterocycles. The molecule has 0 bridgehead atoms. The van der Waals surface area contributed by atoms with Crippen molar-refractivity contribution in [2.24, 2.45) is 0 Å². The number of ether oxygens (including phenoxy) is 1. The number of carbonyl (C=O) groups is 2. The number of piperidine rings is 1. The molecule has 2 unspecified atom stereocenters. The summed E-state index contributed by atoms with van der Waals surface area (Å²) in [4.78, 5) is 39.9. The topological polar surface area (TPSA) is 75.6 Å². The highest BCUT2D eigenvalue weighted by atomic mass is 32.1. The van der Waals surface area contributed by atoms with Gasteiger partial charge in [-0.05, 0) is 81.5 Å². The van der Waals surface area contributed by atoms with Crippen molar-refractivity contribution in [2.75, 3.05) is 13.1 Å². The van der Waals surface area contributed by atoms with Crippen LogP contribution in [0.3, 0.4) is 0 Å². The minimum absolute atomic E-state index is 0.117. The average Bonchev–Trinajstić information content (AvgIpc) is 3.37. The number of likely N-dealkylation sites (tertiary alicyclic amines) is 1. The van der Waals surface area contributed by atoms with Crippen LogP contribution in [0.4, 0.5) is 4.79 Å². The fourth-order valence-electron chi connectivity index (χ4n) is 5.71. The van der Waals surface area contributed by atoms with Gasteiger partial charge in [0.15, 0.2) is 0 Å². The first-order valence-corrected chi connectivity index (χ1v) is 13.7. The molecule has 1 saturated heterocycles. The van der Waals surface area contributed by atoms with Crippen LogP contribution in [0.25, 0.3) is 10.2 Å². The van der Waals surface area contributed by atoms with Gasteiger partial charge in [-0.3, -0.25) is 4.79 Å². The summed E-state index contributed by atoms with van der Waals surface area (Å²) >= 11 is 1.67. The Bertz CT molecular complexity index is 1350. The number of fused-ring (bicyclic) bond motifs is 2. The van der Waals surface area contributed by atoms with Gasteiger partial charge in [0.2, 0.25) is 0 Å². The summed E-state index contributed by atoms with van der Waals surface area (Å²) in [5.74, 6) is 1.80. The first kappa shape index (κ1) is 23.4. The Hall–Kier alpha value is -3.00. The van der Waals surface area contributed by atoms with Crippen molar-refractivity contribution in [3.63, 3.8) is 0 Å². The lowest BCUT2D eigenvalue weighted by Gasteiger charge is -2.37. The van der Waals surface area contributed by atoms with Gasteiger partial charge in [0, 0.05) is 42.5 Å². The van der Waals surface area contributed by atoms with Crippen molar-refractivity contribution in [1.29, 1.82) is 0 Å². The lowest BCUT2D eigenvalue weighted by atomic mass is 10.0. The summed E-state index contributed by atoms with van der Waals surface area (Å²) in [6.45, 7) is 9.49. The van der Waals surface area contributed by atoms with E-state index in [1.54, 1.807) is 16.2 Å². The van der Waals surface area contributed by atoms with Crippen LogP contribution in [0.1, 0.15) is 84.9 Å². The molecule has 2 amide bonds. The standard InChI is InChI=1S/C28H32N4O3S/c1-16-29-24(21-9-12-36-25(21)30-16)23-14-22(23)17-5-6-20-18(13-17)15-32(26(20)33)19-7-10-31(11-8-19)27(34)35-28(2,3)4/h5-6,9,12-13,19,22-23H,7-8,10-11,14-15H2,1-4H3. The molecular formula is C28H32N4O3S. The molecule has 2 atom stereocenters. The van der Waals surface area contributed by atoms with E-state index in [1.165, 1.54) is 16.6 Å². The molecule has 0 N–H and O–H groups in total. The zero-order valence-electron chi connectivity index (χ0n) is 21.3. The molecule has 1 aromatic carbocycles. The van der Waals surface area contributed by atoms with Crippen LogP contribution < -0.4 is 0 Å². The molecule has 7 nitrogen and oxygen atoms in total.